The van der Waals surface area contributed by atoms with Crippen molar-refractivity contribution in [1.29, 1.82) is 0 Å². The molecule has 3 amide bonds. The Morgan fingerprint density at radius 3 is 2.16 bits per heavy atom. The van der Waals surface area contributed by atoms with Crippen LogP contribution in [-0.2, 0) is 4.79 Å². The molecule has 2 aromatic carbocycles. The second-order valence-electron chi connectivity index (χ2n) is 7.46. The fourth-order valence-corrected chi connectivity index (χ4v) is 3.46. The Bertz CT molecular complexity index is 878. The molecule has 0 aromatic heterocycles. The van der Waals surface area contributed by atoms with E-state index in [1.807, 2.05) is 18.2 Å². The zero-order valence-electron chi connectivity index (χ0n) is 17.2. The first-order valence-corrected chi connectivity index (χ1v) is 10.4. The third-order valence-corrected chi connectivity index (χ3v) is 5.17. The number of hydrogen-bond donors (Lipinski definition) is 4. The summed E-state index contributed by atoms with van der Waals surface area (Å²) < 4.78 is 5.91. The van der Waals surface area contributed by atoms with Gasteiger partial charge in [0.05, 0.1) is 12.0 Å². The fraction of sp³-hybridized carbons (Fsp3) is 0.348. The number of anilines is 1. The van der Waals surface area contributed by atoms with Crippen molar-refractivity contribution in [2.24, 2.45) is 5.92 Å². The van der Waals surface area contributed by atoms with E-state index in [-0.39, 0.29) is 24.0 Å². The Morgan fingerprint density at radius 1 is 0.871 bits per heavy atom. The SMILES string of the molecule is O=C(NCCNC(=O)c1ccc(OC2CCC(C(=O)O)CC2)cc1)Nc1ccccc1. The molecule has 31 heavy (non-hydrogen) atoms. The summed E-state index contributed by atoms with van der Waals surface area (Å²) >= 11 is 0. The average Bonchev–Trinajstić information content (AvgIpc) is 2.78. The molecular formula is C23H27N3O5. The summed E-state index contributed by atoms with van der Waals surface area (Å²) in [5, 5.41) is 17.2. The van der Waals surface area contributed by atoms with Gasteiger partial charge < -0.3 is 25.8 Å². The predicted molar refractivity (Wildman–Crippen MR) is 116 cm³/mol. The summed E-state index contributed by atoms with van der Waals surface area (Å²) in [5.41, 5.74) is 1.19. The van der Waals surface area contributed by atoms with Crippen molar-refractivity contribution < 1.29 is 24.2 Å². The van der Waals surface area contributed by atoms with Crippen molar-refractivity contribution in [3.8, 4) is 5.75 Å². The number of nitrogens with one attached hydrogen (secondary N) is 3. The van der Waals surface area contributed by atoms with Gasteiger partial charge >= 0.3 is 12.0 Å². The van der Waals surface area contributed by atoms with Gasteiger partial charge in [0.1, 0.15) is 5.75 Å². The third kappa shape index (κ3) is 7.02. The summed E-state index contributed by atoms with van der Waals surface area (Å²) in [5.74, 6) is -0.584. The lowest BCUT2D eigenvalue weighted by molar-refractivity contribution is -0.143. The van der Waals surface area contributed by atoms with E-state index in [4.69, 9.17) is 9.84 Å². The molecule has 0 aliphatic heterocycles. The lowest BCUT2D eigenvalue weighted by Crippen LogP contribution is -2.36. The van der Waals surface area contributed by atoms with Gasteiger partial charge in [0.2, 0.25) is 0 Å². The minimum absolute atomic E-state index is 0.00313. The summed E-state index contributed by atoms with van der Waals surface area (Å²) in [6, 6.07) is 15.6. The first-order chi connectivity index (χ1) is 15.0. The summed E-state index contributed by atoms with van der Waals surface area (Å²) in [6.45, 7) is 0.594. The van der Waals surface area contributed by atoms with Crippen LogP contribution in [0.25, 0.3) is 0 Å². The van der Waals surface area contributed by atoms with Gasteiger partial charge in [0, 0.05) is 24.3 Å². The fourth-order valence-electron chi connectivity index (χ4n) is 3.46. The Kier molecular flexibility index (Phi) is 7.86. The standard InChI is InChI=1S/C23H27N3O5/c27-21(24-14-15-25-23(30)26-18-4-2-1-3-5-18)16-6-10-19(11-7-16)31-20-12-8-17(9-13-20)22(28)29/h1-7,10-11,17,20H,8-9,12-15H2,(H,24,27)(H,28,29)(H2,25,26,30). The number of hydrogen-bond acceptors (Lipinski definition) is 4. The molecule has 0 saturated heterocycles. The summed E-state index contributed by atoms with van der Waals surface area (Å²) in [7, 11) is 0. The van der Waals surface area contributed by atoms with E-state index in [9.17, 15) is 14.4 Å². The predicted octanol–water partition coefficient (Wildman–Crippen LogP) is 3.26. The molecule has 0 radical (unpaired) electrons. The highest BCUT2D eigenvalue weighted by Gasteiger charge is 2.26. The molecule has 164 valence electrons. The number of carbonyl (C=O) groups excluding carboxylic acids is 2. The number of amides is 3. The number of carboxylic acid groups (broad SMARTS) is 1. The molecule has 1 fully saturated rings. The second-order valence-corrected chi connectivity index (χ2v) is 7.46. The van der Waals surface area contributed by atoms with Gasteiger partial charge in [-0.15, -0.1) is 0 Å². The van der Waals surface area contributed by atoms with Gasteiger partial charge in [-0.3, -0.25) is 9.59 Å². The van der Waals surface area contributed by atoms with Crippen LogP contribution >= 0.6 is 0 Å². The van der Waals surface area contributed by atoms with E-state index in [0.717, 1.165) is 0 Å². The minimum Gasteiger partial charge on any atom is -0.490 e. The van der Waals surface area contributed by atoms with Gasteiger partial charge in [-0.2, -0.15) is 0 Å². The van der Waals surface area contributed by atoms with Crippen LogP contribution in [0.3, 0.4) is 0 Å². The van der Waals surface area contributed by atoms with Gasteiger partial charge in [0.15, 0.2) is 0 Å². The van der Waals surface area contributed by atoms with Crippen LogP contribution in [0.1, 0.15) is 36.0 Å². The molecule has 1 saturated carbocycles. The van der Waals surface area contributed by atoms with E-state index < -0.39 is 5.97 Å². The van der Waals surface area contributed by atoms with Crippen LogP contribution in [0, 0.1) is 5.92 Å². The zero-order valence-corrected chi connectivity index (χ0v) is 17.2. The van der Waals surface area contributed by atoms with E-state index >= 15 is 0 Å². The van der Waals surface area contributed by atoms with E-state index in [1.165, 1.54) is 0 Å². The molecule has 1 aliphatic rings. The Hall–Kier alpha value is -3.55. The van der Waals surface area contributed by atoms with Crippen molar-refractivity contribution in [2.75, 3.05) is 18.4 Å². The Balaban J connectivity index is 1.35. The monoisotopic (exact) mass is 425 g/mol. The van der Waals surface area contributed by atoms with Crippen molar-refractivity contribution in [2.45, 2.75) is 31.8 Å². The maximum absolute atomic E-state index is 12.2. The molecule has 2 aromatic rings. The molecule has 0 spiro atoms. The first-order valence-electron chi connectivity index (χ1n) is 10.4. The number of aliphatic carboxylic acids is 1. The van der Waals surface area contributed by atoms with Crippen molar-refractivity contribution >= 4 is 23.6 Å². The smallest absolute Gasteiger partial charge is 0.319 e. The number of carboxylic acids is 1. The lowest BCUT2D eigenvalue weighted by Gasteiger charge is -2.26. The Morgan fingerprint density at radius 2 is 1.52 bits per heavy atom. The molecule has 0 unspecified atom stereocenters. The minimum atomic E-state index is -0.735. The number of ether oxygens (including phenoxy) is 1. The molecule has 0 bridgehead atoms. The van der Waals surface area contributed by atoms with Crippen LogP contribution in [0.4, 0.5) is 10.5 Å². The number of urea groups is 1. The van der Waals surface area contributed by atoms with Gasteiger partial charge in [-0.25, -0.2) is 4.79 Å². The maximum Gasteiger partial charge on any atom is 0.319 e. The summed E-state index contributed by atoms with van der Waals surface area (Å²) in [4.78, 5) is 35.1. The van der Waals surface area contributed by atoms with E-state index in [0.29, 0.717) is 55.8 Å². The number of carbonyl (C=O) groups is 3. The van der Waals surface area contributed by atoms with E-state index in [1.54, 1.807) is 36.4 Å². The van der Waals surface area contributed by atoms with Crippen molar-refractivity contribution in [1.82, 2.24) is 10.6 Å². The van der Waals surface area contributed by atoms with Crippen LogP contribution < -0.4 is 20.7 Å². The highest BCUT2D eigenvalue weighted by atomic mass is 16.5. The van der Waals surface area contributed by atoms with Crippen molar-refractivity contribution in [3.05, 3.63) is 60.2 Å². The van der Waals surface area contributed by atoms with Gasteiger partial charge in [-0.1, -0.05) is 18.2 Å². The topological polar surface area (TPSA) is 117 Å². The Labute approximate surface area is 181 Å². The quantitative estimate of drug-likeness (QED) is 0.485. The molecule has 3 rings (SSSR count). The zero-order chi connectivity index (χ0) is 22.1. The highest BCUT2D eigenvalue weighted by Crippen LogP contribution is 2.28. The van der Waals surface area contributed by atoms with Gasteiger partial charge in [0.25, 0.3) is 5.91 Å². The number of para-hydroxylation sites is 1. The van der Waals surface area contributed by atoms with Crippen LogP contribution in [0.5, 0.6) is 5.75 Å². The second kappa shape index (κ2) is 11.0. The van der Waals surface area contributed by atoms with E-state index in [2.05, 4.69) is 16.0 Å². The number of rotatable bonds is 8. The van der Waals surface area contributed by atoms with Gasteiger partial charge in [-0.05, 0) is 62.1 Å². The maximum atomic E-state index is 12.2. The normalized spacial score (nSPS) is 17.9. The molecular weight excluding hydrogens is 398 g/mol. The molecule has 1 aliphatic carbocycles. The summed E-state index contributed by atoms with van der Waals surface area (Å²) in [6.07, 6.45) is 2.67. The molecule has 4 N–H and O–H groups in total. The highest BCUT2D eigenvalue weighted by molar-refractivity contribution is 5.94. The largest absolute Gasteiger partial charge is 0.490 e. The van der Waals surface area contributed by atoms with Crippen LogP contribution in [-0.4, -0.2) is 42.2 Å². The molecule has 8 heteroatoms. The lowest BCUT2D eigenvalue weighted by atomic mass is 9.87. The molecule has 0 heterocycles. The molecule has 0 atom stereocenters. The van der Waals surface area contributed by atoms with Crippen LogP contribution in [0.15, 0.2) is 54.6 Å². The third-order valence-electron chi connectivity index (χ3n) is 5.17. The first kappa shape index (κ1) is 22.1. The number of benzene rings is 2. The van der Waals surface area contributed by atoms with Crippen LogP contribution in [0.2, 0.25) is 0 Å². The molecule has 8 nitrogen and oxygen atoms in total. The van der Waals surface area contributed by atoms with Crippen molar-refractivity contribution in [3.63, 3.8) is 0 Å². The average molecular weight is 425 g/mol.